The third-order valence-electron chi connectivity index (χ3n) is 2.05. The van der Waals surface area contributed by atoms with E-state index < -0.39 is 0 Å². The molecule has 0 aliphatic heterocycles. The zero-order chi connectivity index (χ0) is 11.1. The highest BCUT2D eigenvalue weighted by Crippen LogP contribution is 2.28. The maximum Gasteiger partial charge on any atom is 0.132 e. The van der Waals surface area contributed by atoms with Crippen LogP contribution in [0.5, 0.6) is 5.75 Å². The van der Waals surface area contributed by atoms with E-state index in [1.54, 1.807) is 18.9 Å². The lowest BCUT2D eigenvalue weighted by atomic mass is 10.3. The maximum atomic E-state index is 8.77. The summed E-state index contributed by atoms with van der Waals surface area (Å²) >= 11 is 1.70. The summed E-state index contributed by atoms with van der Waals surface area (Å²) in [5.74, 6) is 1.78. The molecule has 0 spiro atoms. The van der Waals surface area contributed by atoms with Gasteiger partial charge in [0, 0.05) is 10.9 Å². The standard InChI is InChI=1S/C11H17NO2S/c1-14-10-4-2-3-5-11(10)15-7-6-9(12)8-13/h2-5,9,13H,6-8,12H2,1H3. The first-order chi connectivity index (χ1) is 7.27. The third kappa shape index (κ3) is 4.11. The van der Waals surface area contributed by atoms with Crippen molar-refractivity contribution in [3.8, 4) is 5.75 Å². The van der Waals surface area contributed by atoms with E-state index in [0.29, 0.717) is 0 Å². The predicted octanol–water partition coefficient (Wildman–Crippen LogP) is 1.50. The van der Waals surface area contributed by atoms with Crippen LogP contribution < -0.4 is 10.5 Å². The molecule has 84 valence electrons. The average Bonchev–Trinajstić information content (AvgIpc) is 2.29. The summed E-state index contributed by atoms with van der Waals surface area (Å²) in [4.78, 5) is 1.12. The van der Waals surface area contributed by atoms with Gasteiger partial charge < -0.3 is 15.6 Å². The van der Waals surface area contributed by atoms with Crippen LogP contribution in [0.25, 0.3) is 0 Å². The molecule has 0 saturated carbocycles. The summed E-state index contributed by atoms with van der Waals surface area (Å²) in [5, 5.41) is 8.77. The number of aliphatic hydroxyl groups excluding tert-OH is 1. The summed E-state index contributed by atoms with van der Waals surface area (Å²) in [5.41, 5.74) is 5.61. The van der Waals surface area contributed by atoms with Gasteiger partial charge in [0.25, 0.3) is 0 Å². The van der Waals surface area contributed by atoms with Crippen molar-refractivity contribution in [3.05, 3.63) is 24.3 Å². The molecule has 0 heterocycles. The second-order valence-electron chi connectivity index (χ2n) is 3.23. The zero-order valence-corrected chi connectivity index (χ0v) is 9.67. The maximum absolute atomic E-state index is 8.77. The van der Waals surface area contributed by atoms with Gasteiger partial charge in [-0.1, -0.05) is 12.1 Å². The van der Waals surface area contributed by atoms with Crippen molar-refractivity contribution in [2.75, 3.05) is 19.5 Å². The number of rotatable bonds is 6. The topological polar surface area (TPSA) is 55.5 Å². The fourth-order valence-corrected chi connectivity index (χ4v) is 2.26. The van der Waals surface area contributed by atoms with Gasteiger partial charge in [-0.05, 0) is 24.3 Å². The Bertz CT molecular complexity index is 294. The van der Waals surface area contributed by atoms with Crippen LogP contribution in [0.4, 0.5) is 0 Å². The molecular formula is C11H17NO2S. The van der Waals surface area contributed by atoms with Gasteiger partial charge in [-0.15, -0.1) is 11.8 Å². The van der Waals surface area contributed by atoms with Crippen LogP contribution in [-0.4, -0.2) is 30.6 Å². The van der Waals surface area contributed by atoms with Gasteiger partial charge in [0.05, 0.1) is 13.7 Å². The quantitative estimate of drug-likeness (QED) is 0.723. The first kappa shape index (κ1) is 12.4. The van der Waals surface area contributed by atoms with Crippen molar-refractivity contribution >= 4 is 11.8 Å². The molecule has 1 unspecified atom stereocenters. The van der Waals surface area contributed by atoms with Crippen LogP contribution in [0, 0.1) is 0 Å². The number of benzene rings is 1. The Morgan fingerprint density at radius 2 is 2.20 bits per heavy atom. The number of hydrogen-bond acceptors (Lipinski definition) is 4. The number of para-hydroxylation sites is 1. The number of methoxy groups -OCH3 is 1. The fraction of sp³-hybridized carbons (Fsp3) is 0.455. The van der Waals surface area contributed by atoms with Crippen LogP contribution in [0.3, 0.4) is 0 Å². The Labute approximate surface area is 94.6 Å². The molecule has 4 heteroatoms. The van der Waals surface area contributed by atoms with Crippen molar-refractivity contribution in [2.24, 2.45) is 5.73 Å². The van der Waals surface area contributed by atoms with Crippen molar-refractivity contribution in [1.29, 1.82) is 0 Å². The highest BCUT2D eigenvalue weighted by atomic mass is 32.2. The van der Waals surface area contributed by atoms with Gasteiger partial charge in [0.2, 0.25) is 0 Å². The zero-order valence-electron chi connectivity index (χ0n) is 8.85. The molecule has 3 nitrogen and oxygen atoms in total. The average molecular weight is 227 g/mol. The van der Waals surface area contributed by atoms with E-state index in [4.69, 9.17) is 15.6 Å². The monoisotopic (exact) mass is 227 g/mol. The van der Waals surface area contributed by atoms with Gasteiger partial charge in [-0.2, -0.15) is 0 Å². The highest BCUT2D eigenvalue weighted by molar-refractivity contribution is 7.99. The van der Waals surface area contributed by atoms with E-state index in [2.05, 4.69) is 0 Å². The van der Waals surface area contributed by atoms with E-state index in [0.717, 1.165) is 22.8 Å². The second kappa shape index (κ2) is 6.71. The van der Waals surface area contributed by atoms with Crippen LogP contribution in [-0.2, 0) is 0 Å². The SMILES string of the molecule is COc1ccccc1SCCC(N)CO. The van der Waals surface area contributed by atoms with Crippen LogP contribution in [0.2, 0.25) is 0 Å². The first-order valence-corrected chi connectivity index (χ1v) is 5.88. The molecule has 0 amide bonds. The largest absolute Gasteiger partial charge is 0.496 e. The lowest BCUT2D eigenvalue weighted by molar-refractivity contribution is 0.264. The Balaban J connectivity index is 2.43. The number of ether oxygens (including phenoxy) is 1. The van der Waals surface area contributed by atoms with E-state index in [1.165, 1.54) is 0 Å². The molecule has 1 aromatic carbocycles. The summed E-state index contributed by atoms with van der Waals surface area (Å²) in [6, 6.07) is 7.77. The second-order valence-corrected chi connectivity index (χ2v) is 4.37. The summed E-state index contributed by atoms with van der Waals surface area (Å²) in [7, 11) is 1.67. The molecule has 0 aromatic heterocycles. The molecule has 15 heavy (non-hydrogen) atoms. The highest BCUT2D eigenvalue weighted by Gasteiger charge is 2.04. The number of nitrogens with two attached hydrogens (primary N) is 1. The van der Waals surface area contributed by atoms with Crippen LogP contribution in [0.15, 0.2) is 29.2 Å². The molecule has 1 rings (SSSR count). The molecule has 0 aliphatic carbocycles. The molecule has 0 fully saturated rings. The van der Waals surface area contributed by atoms with Crippen molar-refractivity contribution in [2.45, 2.75) is 17.4 Å². The fourth-order valence-electron chi connectivity index (χ4n) is 1.15. The van der Waals surface area contributed by atoms with E-state index in [1.807, 2.05) is 24.3 Å². The minimum atomic E-state index is -0.118. The van der Waals surface area contributed by atoms with Crippen molar-refractivity contribution < 1.29 is 9.84 Å². The van der Waals surface area contributed by atoms with Gasteiger partial charge in [0.1, 0.15) is 5.75 Å². The molecular weight excluding hydrogens is 210 g/mol. The Hall–Kier alpha value is -0.710. The molecule has 0 aliphatic rings. The third-order valence-corrected chi connectivity index (χ3v) is 3.14. The Morgan fingerprint density at radius 3 is 2.87 bits per heavy atom. The lowest BCUT2D eigenvalue weighted by Crippen LogP contribution is -2.24. The molecule has 0 bridgehead atoms. The first-order valence-electron chi connectivity index (χ1n) is 4.90. The van der Waals surface area contributed by atoms with Gasteiger partial charge >= 0.3 is 0 Å². The van der Waals surface area contributed by atoms with Gasteiger partial charge in [0.15, 0.2) is 0 Å². The van der Waals surface area contributed by atoms with Crippen molar-refractivity contribution in [3.63, 3.8) is 0 Å². The number of hydrogen-bond donors (Lipinski definition) is 2. The van der Waals surface area contributed by atoms with Crippen molar-refractivity contribution in [1.82, 2.24) is 0 Å². The Morgan fingerprint density at radius 1 is 1.47 bits per heavy atom. The molecule has 0 radical (unpaired) electrons. The normalized spacial score (nSPS) is 12.5. The van der Waals surface area contributed by atoms with Crippen LogP contribution in [0.1, 0.15) is 6.42 Å². The minimum Gasteiger partial charge on any atom is -0.496 e. The smallest absolute Gasteiger partial charge is 0.132 e. The predicted molar refractivity (Wildman–Crippen MR) is 63.4 cm³/mol. The summed E-state index contributed by atoms with van der Waals surface area (Å²) < 4.78 is 5.23. The van der Waals surface area contributed by atoms with E-state index >= 15 is 0 Å². The molecule has 1 atom stereocenters. The van der Waals surface area contributed by atoms with Gasteiger partial charge in [-0.25, -0.2) is 0 Å². The van der Waals surface area contributed by atoms with E-state index in [-0.39, 0.29) is 12.6 Å². The summed E-state index contributed by atoms with van der Waals surface area (Å²) in [6.07, 6.45) is 0.805. The van der Waals surface area contributed by atoms with Gasteiger partial charge in [-0.3, -0.25) is 0 Å². The number of aliphatic hydroxyl groups is 1. The minimum absolute atomic E-state index is 0.0481. The van der Waals surface area contributed by atoms with E-state index in [9.17, 15) is 0 Å². The number of thioether (sulfide) groups is 1. The molecule has 1 aromatic rings. The molecule has 3 N–H and O–H groups in total. The Kier molecular flexibility index (Phi) is 5.53. The summed E-state index contributed by atoms with van der Waals surface area (Å²) in [6.45, 7) is 0.0481. The van der Waals surface area contributed by atoms with Crippen LogP contribution >= 0.6 is 11.8 Å². The lowest BCUT2D eigenvalue weighted by Gasteiger charge is -2.09. The molecule has 0 saturated heterocycles.